The van der Waals surface area contributed by atoms with Crippen molar-refractivity contribution in [3.8, 4) is 0 Å². The van der Waals surface area contributed by atoms with Crippen LogP contribution < -0.4 is 0 Å². The fourth-order valence-corrected chi connectivity index (χ4v) is 4.19. The molecule has 0 saturated heterocycles. The van der Waals surface area contributed by atoms with Gasteiger partial charge >= 0.3 is 5.97 Å². The van der Waals surface area contributed by atoms with Crippen LogP contribution in [0.2, 0.25) is 0 Å². The van der Waals surface area contributed by atoms with Crippen LogP contribution in [-0.4, -0.2) is 16.1 Å². The van der Waals surface area contributed by atoms with Crippen molar-refractivity contribution in [3.63, 3.8) is 0 Å². The van der Waals surface area contributed by atoms with Crippen molar-refractivity contribution in [1.82, 2.24) is 4.98 Å². The number of nitrogens with zero attached hydrogens (tertiary/aromatic N) is 1. The highest BCUT2D eigenvalue weighted by molar-refractivity contribution is 5.79. The lowest BCUT2D eigenvalue weighted by molar-refractivity contribution is -0.141. The number of ether oxygens (including phenoxy) is 2. The summed E-state index contributed by atoms with van der Waals surface area (Å²) in [6.07, 6.45) is 10.1. The van der Waals surface area contributed by atoms with Crippen molar-refractivity contribution in [2.45, 2.75) is 45.8 Å². The molecular formula is C30H30FNO4. The molecule has 1 aliphatic carbocycles. The van der Waals surface area contributed by atoms with Crippen molar-refractivity contribution in [3.05, 3.63) is 113 Å². The molecule has 4 rings (SSSR count). The van der Waals surface area contributed by atoms with Crippen LogP contribution in [0.3, 0.4) is 0 Å². The molecule has 0 bridgehead atoms. The predicted octanol–water partition coefficient (Wildman–Crippen LogP) is 6.88. The number of pyridine rings is 1. The van der Waals surface area contributed by atoms with E-state index in [1.807, 2.05) is 73.7 Å². The summed E-state index contributed by atoms with van der Waals surface area (Å²) in [7, 11) is 0. The molecule has 1 aromatic heterocycles. The van der Waals surface area contributed by atoms with Crippen LogP contribution in [0.25, 0.3) is 10.9 Å². The monoisotopic (exact) mass is 487 g/mol. The molecule has 186 valence electrons. The number of benzene rings is 2. The van der Waals surface area contributed by atoms with E-state index in [-0.39, 0.29) is 12.4 Å². The topological polar surface area (TPSA) is 68.7 Å². The molecule has 5 nitrogen and oxygen atoms in total. The van der Waals surface area contributed by atoms with Gasteiger partial charge in [-0.25, -0.2) is 9.37 Å². The largest absolute Gasteiger partial charge is 0.493 e. The van der Waals surface area contributed by atoms with Crippen LogP contribution in [0.1, 0.15) is 43.0 Å². The van der Waals surface area contributed by atoms with Crippen LogP contribution in [0, 0.1) is 11.7 Å². The van der Waals surface area contributed by atoms with Gasteiger partial charge in [0, 0.05) is 11.8 Å². The first-order chi connectivity index (χ1) is 17.5. The minimum atomic E-state index is -0.758. The van der Waals surface area contributed by atoms with Gasteiger partial charge < -0.3 is 14.6 Å². The van der Waals surface area contributed by atoms with E-state index >= 15 is 0 Å². The molecule has 1 N–H and O–H groups in total. The number of halogens is 1. The van der Waals surface area contributed by atoms with Gasteiger partial charge in [0.1, 0.15) is 36.1 Å². The number of allylic oxidation sites excluding steroid dienone is 4. The van der Waals surface area contributed by atoms with Crippen LogP contribution in [0.5, 0.6) is 0 Å². The predicted molar refractivity (Wildman–Crippen MR) is 137 cm³/mol. The first kappa shape index (κ1) is 25.2. The molecule has 2 aromatic carbocycles. The molecule has 0 amide bonds. The number of fused-ring (bicyclic) bond motifs is 1. The van der Waals surface area contributed by atoms with Gasteiger partial charge in [-0.3, -0.25) is 4.79 Å². The molecular weight excluding hydrogens is 457 g/mol. The van der Waals surface area contributed by atoms with E-state index in [2.05, 4.69) is 4.98 Å². The van der Waals surface area contributed by atoms with Crippen molar-refractivity contribution < 1.29 is 23.8 Å². The molecule has 1 unspecified atom stereocenters. The van der Waals surface area contributed by atoms with Crippen LogP contribution in [-0.2, 0) is 33.9 Å². The van der Waals surface area contributed by atoms with Gasteiger partial charge in [-0.15, -0.1) is 0 Å². The lowest BCUT2D eigenvalue weighted by Crippen LogP contribution is -2.17. The Bertz CT molecular complexity index is 1310. The van der Waals surface area contributed by atoms with E-state index in [1.54, 1.807) is 6.07 Å². The lowest BCUT2D eigenvalue weighted by Gasteiger charge is -2.16. The summed E-state index contributed by atoms with van der Waals surface area (Å²) in [5, 5.41) is 10.3. The number of aliphatic carboxylic acids is 1. The van der Waals surface area contributed by atoms with Gasteiger partial charge in [-0.1, -0.05) is 61.9 Å². The number of hydrogen-bond donors (Lipinski definition) is 1. The lowest BCUT2D eigenvalue weighted by atomic mass is 9.92. The second-order valence-electron chi connectivity index (χ2n) is 8.79. The maximum absolute atomic E-state index is 14.0. The van der Waals surface area contributed by atoms with Crippen molar-refractivity contribution in [2.75, 3.05) is 0 Å². The summed E-state index contributed by atoms with van der Waals surface area (Å²) in [4.78, 5) is 16.0. The van der Waals surface area contributed by atoms with Gasteiger partial charge in [0.25, 0.3) is 0 Å². The van der Waals surface area contributed by atoms with Crippen molar-refractivity contribution in [2.24, 2.45) is 5.92 Å². The van der Waals surface area contributed by atoms with E-state index in [0.29, 0.717) is 42.8 Å². The van der Waals surface area contributed by atoms with Crippen LogP contribution in [0.4, 0.5) is 4.39 Å². The van der Waals surface area contributed by atoms with Gasteiger partial charge in [-0.05, 0) is 54.3 Å². The molecule has 1 atom stereocenters. The van der Waals surface area contributed by atoms with Gasteiger partial charge in [0.15, 0.2) is 0 Å². The second-order valence-corrected chi connectivity index (χ2v) is 8.79. The third-order valence-electron chi connectivity index (χ3n) is 6.15. The summed E-state index contributed by atoms with van der Waals surface area (Å²) in [5.74, 6) is -0.0314. The summed E-state index contributed by atoms with van der Waals surface area (Å²) < 4.78 is 26.0. The maximum atomic E-state index is 14.0. The highest BCUT2D eigenvalue weighted by atomic mass is 19.1. The molecule has 36 heavy (non-hydrogen) atoms. The van der Waals surface area contributed by atoms with Gasteiger partial charge in [0.05, 0.1) is 11.6 Å². The number of rotatable bonds is 11. The van der Waals surface area contributed by atoms with Crippen LogP contribution >= 0.6 is 0 Å². The van der Waals surface area contributed by atoms with E-state index in [9.17, 15) is 14.3 Å². The Labute approximate surface area is 210 Å². The second kappa shape index (κ2) is 12.2. The Morgan fingerprint density at radius 2 is 1.89 bits per heavy atom. The highest BCUT2D eigenvalue weighted by Gasteiger charge is 2.18. The first-order valence-corrected chi connectivity index (χ1v) is 12.2. The standard InChI is InChI=1S/C30H30FNO4/c1-2-7-23(30(33)34)18-22-8-3-4-9-24(22)19-35-26-11-6-12-27(17-16-26)36-20-25-15-14-21-10-5-13-28(31)29(21)32-25/h3-6,8-15,17,23H,2,7,16,18-20H2,1H3,(H,33,34). The maximum Gasteiger partial charge on any atom is 0.306 e. The molecule has 0 saturated carbocycles. The number of carboxylic acids is 1. The number of carboxylic acid groups (broad SMARTS) is 1. The third-order valence-corrected chi connectivity index (χ3v) is 6.15. The number of aromatic nitrogens is 1. The summed E-state index contributed by atoms with van der Waals surface area (Å²) in [5.41, 5.74) is 2.98. The number of carbonyl (C=O) groups is 1. The molecule has 6 heteroatoms. The van der Waals surface area contributed by atoms with Gasteiger partial charge in [-0.2, -0.15) is 0 Å². The Kier molecular flexibility index (Phi) is 8.50. The smallest absolute Gasteiger partial charge is 0.306 e. The SMILES string of the molecule is CCCC(Cc1ccccc1COC1=CC=CC(OCc2ccc3cccc(F)c3n2)=CC1)C(=O)O. The number of hydrogen-bond acceptors (Lipinski definition) is 4. The fourth-order valence-electron chi connectivity index (χ4n) is 4.19. The molecule has 1 heterocycles. The van der Waals surface area contributed by atoms with E-state index in [1.165, 1.54) is 6.07 Å². The average Bonchev–Trinajstić information content (AvgIpc) is 3.12. The zero-order chi connectivity index (χ0) is 25.3. The third kappa shape index (κ3) is 6.60. The average molecular weight is 488 g/mol. The molecule has 0 fully saturated rings. The number of para-hydroxylation sites is 1. The Balaban J connectivity index is 1.34. The minimum absolute atomic E-state index is 0.229. The van der Waals surface area contributed by atoms with Crippen molar-refractivity contribution >= 4 is 16.9 Å². The zero-order valence-corrected chi connectivity index (χ0v) is 20.3. The Morgan fingerprint density at radius 3 is 2.69 bits per heavy atom. The normalized spacial score (nSPS) is 14.1. The highest BCUT2D eigenvalue weighted by Crippen LogP contribution is 2.22. The summed E-state index contributed by atoms with van der Waals surface area (Å²) in [6.45, 7) is 2.60. The Morgan fingerprint density at radius 1 is 1.06 bits per heavy atom. The summed E-state index contributed by atoms with van der Waals surface area (Å²) >= 11 is 0. The van der Waals surface area contributed by atoms with Crippen LogP contribution in [0.15, 0.2) is 90.4 Å². The van der Waals surface area contributed by atoms with E-state index in [0.717, 1.165) is 28.7 Å². The summed E-state index contributed by atoms with van der Waals surface area (Å²) in [6, 6.07) is 16.4. The molecule has 0 radical (unpaired) electrons. The molecule has 3 aromatic rings. The quantitative estimate of drug-likeness (QED) is 0.319. The first-order valence-electron chi connectivity index (χ1n) is 12.2. The zero-order valence-electron chi connectivity index (χ0n) is 20.3. The molecule has 0 spiro atoms. The van der Waals surface area contributed by atoms with E-state index in [4.69, 9.17) is 9.47 Å². The minimum Gasteiger partial charge on any atom is -0.493 e. The van der Waals surface area contributed by atoms with E-state index < -0.39 is 11.9 Å². The van der Waals surface area contributed by atoms with Gasteiger partial charge in [0.2, 0.25) is 0 Å². The molecule has 1 aliphatic rings. The Hall–Kier alpha value is -3.93. The molecule has 0 aliphatic heterocycles. The fraction of sp³-hybridized carbons (Fsp3) is 0.267. The van der Waals surface area contributed by atoms with Crippen molar-refractivity contribution in [1.29, 1.82) is 0 Å².